The van der Waals surface area contributed by atoms with Crippen molar-refractivity contribution in [2.24, 2.45) is 0 Å². The molecule has 1 heterocycles. The van der Waals surface area contributed by atoms with E-state index in [4.69, 9.17) is 0 Å². The Morgan fingerprint density at radius 3 is 2.55 bits per heavy atom. The summed E-state index contributed by atoms with van der Waals surface area (Å²) >= 11 is 0. The number of nitrogens with zero attached hydrogens (tertiary/aromatic N) is 1. The van der Waals surface area contributed by atoms with Crippen LogP contribution in [0.25, 0.3) is 0 Å². The molecule has 2 nitrogen and oxygen atoms in total. The highest BCUT2D eigenvalue weighted by molar-refractivity contribution is 5.40. The van der Waals surface area contributed by atoms with Crippen molar-refractivity contribution in [2.45, 2.75) is 33.7 Å². The highest BCUT2D eigenvalue weighted by Gasteiger charge is 2.19. The third-order valence-corrected chi connectivity index (χ3v) is 3.43. The lowest BCUT2D eigenvalue weighted by Gasteiger charge is -2.22. The first-order chi connectivity index (χ1) is 9.52. The number of aromatic nitrogens is 1. The van der Waals surface area contributed by atoms with Crippen LogP contribution in [-0.4, -0.2) is 11.5 Å². The Kier molecular flexibility index (Phi) is 4.50. The third-order valence-electron chi connectivity index (χ3n) is 3.43. The van der Waals surface area contributed by atoms with Crippen LogP contribution in [0.4, 0.5) is 4.39 Å². The fraction of sp³-hybridized carbons (Fsp3) is 0.353. The minimum absolute atomic E-state index is 0.137. The standard InChI is InChI=1S/C17H21FN2/c1-5-19-17(14-6-7-20-13(4)10-14)16-12(3)8-11(2)9-15(16)18/h6-10,17,19H,5H2,1-4H3. The first-order valence-electron chi connectivity index (χ1n) is 6.95. The zero-order valence-corrected chi connectivity index (χ0v) is 12.5. The molecule has 1 N–H and O–H groups in total. The normalized spacial score (nSPS) is 12.4. The maximum atomic E-state index is 14.4. The molecular weight excluding hydrogens is 251 g/mol. The van der Waals surface area contributed by atoms with Gasteiger partial charge in [0.15, 0.2) is 0 Å². The second-order valence-corrected chi connectivity index (χ2v) is 5.20. The molecule has 0 aliphatic rings. The van der Waals surface area contributed by atoms with Crippen LogP contribution in [-0.2, 0) is 0 Å². The molecule has 1 aromatic carbocycles. The Bertz CT molecular complexity index is 585. The molecule has 2 rings (SSSR count). The zero-order valence-electron chi connectivity index (χ0n) is 12.5. The van der Waals surface area contributed by atoms with Gasteiger partial charge in [-0.2, -0.15) is 0 Å². The Hall–Kier alpha value is -1.74. The summed E-state index contributed by atoms with van der Waals surface area (Å²) in [6, 6.07) is 7.44. The summed E-state index contributed by atoms with van der Waals surface area (Å²) in [5.41, 5.74) is 4.64. The SMILES string of the molecule is CCNC(c1ccnc(C)c1)c1c(C)cc(C)cc1F. The first kappa shape index (κ1) is 14.7. The quantitative estimate of drug-likeness (QED) is 0.914. The van der Waals surface area contributed by atoms with Gasteiger partial charge >= 0.3 is 0 Å². The van der Waals surface area contributed by atoms with Crippen LogP contribution in [0.3, 0.4) is 0 Å². The molecule has 0 bridgehead atoms. The molecule has 106 valence electrons. The minimum Gasteiger partial charge on any atom is -0.306 e. The molecule has 1 aromatic heterocycles. The lowest BCUT2D eigenvalue weighted by atomic mass is 9.93. The summed E-state index contributed by atoms with van der Waals surface area (Å²) in [4.78, 5) is 4.21. The van der Waals surface area contributed by atoms with Crippen LogP contribution in [0.5, 0.6) is 0 Å². The third kappa shape index (κ3) is 3.05. The van der Waals surface area contributed by atoms with Crippen molar-refractivity contribution >= 4 is 0 Å². The van der Waals surface area contributed by atoms with Crippen LogP contribution in [0.15, 0.2) is 30.5 Å². The average Bonchev–Trinajstić information content (AvgIpc) is 2.36. The first-order valence-corrected chi connectivity index (χ1v) is 6.95. The minimum atomic E-state index is -0.150. The molecule has 1 unspecified atom stereocenters. The molecule has 0 saturated carbocycles. The molecule has 3 heteroatoms. The van der Waals surface area contributed by atoms with E-state index in [1.807, 2.05) is 45.9 Å². The molecule has 1 atom stereocenters. The Labute approximate surface area is 120 Å². The predicted molar refractivity (Wildman–Crippen MR) is 80.4 cm³/mol. The van der Waals surface area contributed by atoms with Gasteiger partial charge in [-0.05, 0) is 62.2 Å². The second-order valence-electron chi connectivity index (χ2n) is 5.20. The molecule has 0 radical (unpaired) electrons. The van der Waals surface area contributed by atoms with E-state index in [-0.39, 0.29) is 11.9 Å². The summed E-state index contributed by atoms with van der Waals surface area (Å²) in [6.45, 7) is 8.63. The van der Waals surface area contributed by atoms with E-state index in [0.29, 0.717) is 0 Å². The van der Waals surface area contributed by atoms with Gasteiger partial charge < -0.3 is 5.32 Å². The number of halogens is 1. The van der Waals surface area contributed by atoms with E-state index in [1.54, 1.807) is 12.3 Å². The Morgan fingerprint density at radius 2 is 1.95 bits per heavy atom. The monoisotopic (exact) mass is 272 g/mol. The maximum Gasteiger partial charge on any atom is 0.128 e. The number of hydrogen-bond acceptors (Lipinski definition) is 2. The van der Waals surface area contributed by atoms with Gasteiger partial charge in [0.2, 0.25) is 0 Å². The number of rotatable bonds is 4. The molecule has 0 aliphatic heterocycles. The molecule has 0 spiro atoms. The van der Waals surface area contributed by atoms with E-state index >= 15 is 0 Å². The Balaban J connectivity index is 2.54. The van der Waals surface area contributed by atoms with Gasteiger partial charge in [0.05, 0.1) is 6.04 Å². The van der Waals surface area contributed by atoms with Crippen molar-refractivity contribution < 1.29 is 4.39 Å². The Morgan fingerprint density at radius 1 is 1.20 bits per heavy atom. The van der Waals surface area contributed by atoms with E-state index in [9.17, 15) is 4.39 Å². The van der Waals surface area contributed by atoms with Crippen LogP contribution >= 0.6 is 0 Å². The van der Waals surface area contributed by atoms with Crippen LogP contribution in [0.2, 0.25) is 0 Å². The smallest absolute Gasteiger partial charge is 0.128 e. The molecule has 0 aliphatic carbocycles. The van der Waals surface area contributed by atoms with Gasteiger partial charge in [-0.25, -0.2) is 4.39 Å². The number of aryl methyl sites for hydroxylation is 3. The maximum absolute atomic E-state index is 14.4. The number of hydrogen-bond donors (Lipinski definition) is 1. The summed E-state index contributed by atoms with van der Waals surface area (Å²) in [5.74, 6) is -0.150. The molecule has 2 aromatic rings. The molecule has 20 heavy (non-hydrogen) atoms. The predicted octanol–water partition coefficient (Wildman–Crippen LogP) is 3.84. The van der Waals surface area contributed by atoms with Gasteiger partial charge in [-0.15, -0.1) is 0 Å². The molecule has 0 amide bonds. The summed E-state index contributed by atoms with van der Waals surface area (Å²) in [5, 5.41) is 3.38. The number of nitrogens with one attached hydrogen (secondary N) is 1. The van der Waals surface area contributed by atoms with E-state index in [0.717, 1.165) is 34.5 Å². The lowest BCUT2D eigenvalue weighted by molar-refractivity contribution is 0.554. The highest BCUT2D eigenvalue weighted by atomic mass is 19.1. The van der Waals surface area contributed by atoms with Crippen molar-refractivity contribution in [3.05, 3.63) is 64.2 Å². The average molecular weight is 272 g/mol. The topological polar surface area (TPSA) is 24.9 Å². The van der Waals surface area contributed by atoms with Crippen molar-refractivity contribution in [2.75, 3.05) is 6.54 Å². The molecule has 0 saturated heterocycles. The summed E-state index contributed by atoms with van der Waals surface area (Å²) in [6.07, 6.45) is 1.77. The summed E-state index contributed by atoms with van der Waals surface area (Å²) < 4.78 is 14.4. The molecular formula is C17H21FN2. The van der Waals surface area contributed by atoms with Gasteiger partial charge in [0.1, 0.15) is 5.82 Å². The fourth-order valence-electron chi connectivity index (χ4n) is 2.63. The van der Waals surface area contributed by atoms with Crippen LogP contribution in [0, 0.1) is 26.6 Å². The summed E-state index contributed by atoms with van der Waals surface area (Å²) in [7, 11) is 0. The lowest BCUT2D eigenvalue weighted by Crippen LogP contribution is -2.24. The van der Waals surface area contributed by atoms with Crippen molar-refractivity contribution in [1.29, 1.82) is 0 Å². The zero-order chi connectivity index (χ0) is 14.7. The highest BCUT2D eigenvalue weighted by Crippen LogP contribution is 2.28. The van der Waals surface area contributed by atoms with E-state index in [2.05, 4.69) is 10.3 Å². The van der Waals surface area contributed by atoms with Crippen molar-refractivity contribution in [3.8, 4) is 0 Å². The van der Waals surface area contributed by atoms with E-state index < -0.39 is 0 Å². The van der Waals surface area contributed by atoms with Crippen molar-refractivity contribution in [1.82, 2.24) is 10.3 Å². The molecule has 0 fully saturated rings. The van der Waals surface area contributed by atoms with Gasteiger partial charge in [-0.1, -0.05) is 13.0 Å². The second kappa shape index (κ2) is 6.14. The van der Waals surface area contributed by atoms with Gasteiger partial charge in [0, 0.05) is 17.5 Å². The number of pyridine rings is 1. The fourth-order valence-corrected chi connectivity index (χ4v) is 2.63. The number of benzene rings is 1. The largest absolute Gasteiger partial charge is 0.306 e. The van der Waals surface area contributed by atoms with Crippen LogP contribution < -0.4 is 5.32 Å². The van der Waals surface area contributed by atoms with Gasteiger partial charge in [-0.3, -0.25) is 4.98 Å². The van der Waals surface area contributed by atoms with Crippen LogP contribution in [0.1, 0.15) is 40.9 Å². The van der Waals surface area contributed by atoms with E-state index in [1.165, 1.54) is 0 Å². The van der Waals surface area contributed by atoms with Crippen molar-refractivity contribution in [3.63, 3.8) is 0 Å². The van der Waals surface area contributed by atoms with Gasteiger partial charge in [0.25, 0.3) is 0 Å².